The Bertz CT molecular complexity index is 1040. The van der Waals surface area contributed by atoms with Gasteiger partial charge in [-0.1, -0.05) is 12.1 Å². The van der Waals surface area contributed by atoms with Crippen molar-refractivity contribution in [3.05, 3.63) is 71.7 Å². The molecule has 0 saturated carbocycles. The van der Waals surface area contributed by atoms with E-state index in [1.54, 1.807) is 7.11 Å². The fraction of sp³-hybridized carbons (Fsp3) is 0.360. The lowest BCUT2D eigenvalue weighted by Crippen LogP contribution is -2.53. The molecule has 1 fully saturated rings. The molecule has 1 N–H and O–H groups in total. The molecule has 32 heavy (non-hydrogen) atoms. The lowest BCUT2D eigenvalue weighted by molar-refractivity contribution is 0.0916. The van der Waals surface area contributed by atoms with Crippen molar-refractivity contribution < 1.29 is 9.47 Å². The van der Waals surface area contributed by atoms with Crippen LogP contribution in [-0.4, -0.2) is 67.1 Å². The molecular weight excluding hydrogens is 402 g/mol. The summed E-state index contributed by atoms with van der Waals surface area (Å²) in [5.74, 6) is 1.70. The van der Waals surface area contributed by atoms with Crippen LogP contribution in [0.25, 0.3) is 5.57 Å². The maximum absolute atomic E-state index is 6.07. The lowest BCUT2D eigenvalue weighted by Gasteiger charge is -2.38. The monoisotopic (exact) mass is 431 g/mol. The van der Waals surface area contributed by atoms with Crippen molar-refractivity contribution in [2.24, 2.45) is 4.99 Å². The lowest BCUT2D eigenvalue weighted by atomic mass is 9.95. The van der Waals surface area contributed by atoms with Gasteiger partial charge in [0.1, 0.15) is 18.1 Å². The van der Waals surface area contributed by atoms with Crippen LogP contribution in [0.4, 0.5) is 0 Å². The summed E-state index contributed by atoms with van der Waals surface area (Å²) in [6.45, 7) is 5.62. The van der Waals surface area contributed by atoms with Crippen molar-refractivity contribution in [1.82, 2.24) is 20.1 Å². The Hall–Kier alpha value is -3.16. The van der Waals surface area contributed by atoms with Crippen LogP contribution in [0.1, 0.15) is 23.2 Å². The number of rotatable bonds is 5. The molecule has 0 aliphatic carbocycles. The van der Waals surface area contributed by atoms with Crippen LogP contribution in [0.15, 0.2) is 59.9 Å². The zero-order valence-electron chi connectivity index (χ0n) is 18.4. The SMILES string of the molecule is COc1ccc2c(c1)C(=CCCN1CCN(C3N=CC=CN3)CC1)c1cccnc1CO2. The van der Waals surface area contributed by atoms with Crippen LogP contribution < -0.4 is 14.8 Å². The molecule has 166 valence electrons. The molecule has 0 amide bonds. The van der Waals surface area contributed by atoms with Crippen molar-refractivity contribution in [3.63, 3.8) is 0 Å². The number of ether oxygens (including phenoxy) is 2. The molecule has 2 aromatic rings. The summed E-state index contributed by atoms with van der Waals surface area (Å²) in [6.07, 6.45) is 11.0. The first-order valence-electron chi connectivity index (χ1n) is 11.2. The Kier molecular flexibility index (Phi) is 6.18. The van der Waals surface area contributed by atoms with Crippen LogP contribution in [0.2, 0.25) is 0 Å². The Balaban J connectivity index is 1.29. The first kappa shape index (κ1) is 20.7. The van der Waals surface area contributed by atoms with Crippen molar-refractivity contribution >= 4 is 11.8 Å². The summed E-state index contributed by atoms with van der Waals surface area (Å²) in [5, 5.41) is 3.32. The number of fused-ring (bicyclic) bond motifs is 2. The molecule has 5 rings (SSSR count). The van der Waals surface area contributed by atoms with E-state index in [9.17, 15) is 0 Å². The zero-order valence-corrected chi connectivity index (χ0v) is 18.4. The first-order valence-corrected chi connectivity index (χ1v) is 11.2. The Labute approximate surface area is 189 Å². The highest BCUT2D eigenvalue weighted by Crippen LogP contribution is 2.38. The van der Waals surface area contributed by atoms with Gasteiger partial charge in [0.15, 0.2) is 6.29 Å². The third-order valence-corrected chi connectivity index (χ3v) is 6.22. The van der Waals surface area contributed by atoms with E-state index < -0.39 is 0 Å². The summed E-state index contributed by atoms with van der Waals surface area (Å²) in [5.41, 5.74) is 4.34. The predicted molar refractivity (Wildman–Crippen MR) is 126 cm³/mol. The molecule has 1 aromatic carbocycles. The average molecular weight is 432 g/mol. The number of nitrogens with zero attached hydrogens (tertiary/aromatic N) is 4. The van der Waals surface area contributed by atoms with Crippen LogP contribution in [0, 0.1) is 0 Å². The maximum atomic E-state index is 6.07. The van der Waals surface area contributed by atoms with Gasteiger partial charge in [-0.05, 0) is 42.3 Å². The van der Waals surface area contributed by atoms with Crippen LogP contribution in [0.3, 0.4) is 0 Å². The highest BCUT2D eigenvalue weighted by Gasteiger charge is 2.23. The van der Waals surface area contributed by atoms with E-state index in [-0.39, 0.29) is 6.29 Å². The average Bonchev–Trinajstić information content (AvgIpc) is 3.01. The molecule has 0 spiro atoms. The number of hydrogen-bond acceptors (Lipinski definition) is 7. The van der Waals surface area contributed by atoms with Gasteiger partial charge in [-0.15, -0.1) is 0 Å². The normalized spacial score (nSPS) is 21.9. The van der Waals surface area contributed by atoms with E-state index in [2.05, 4.69) is 43.3 Å². The number of pyridine rings is 1. The van der Waals surface area contributed by atoms with E-state index in [0.717, 1.165) is 67.5 Å². The van der Waals surface area contributed by atoms with Crippen molar-refractivity contribution in [2.75, 3.05) is 39.8 Å². The number of hydrogen-bond donors (Lipinski definition) is 1. The first-order chi connectivity index (χ1) is 15.8. The van der Waals surface area contributed by atoms with E-state index >= 15 is 0 Å². The topological polar surface area (TPSA) is 62.2 Å². The third-order valence-electron chi connectivity index (χ3n) is 6.22. The van der Waals surface area contributed by atoms with Crippen LogP contribution >= 0.6 is 0 Å². The van der Waals surface area contributed by atoms with Crippen LogP contribution in [0.5, 0.6) is 11.5 Å². The number of piperazine rings is 1. The number of benzene rings is 1. The molecule has 3 aliphatic rings. The molecule has 0 bridgehead atoms. The van der Waals surface area contributed by atoms with Crippen molar-refractivity contribution in [2.45, 2.75) is 19.3 Å². The molecular formula is C25H29N5O2. The number of aromatic nitrogens is 1. The van der Waals surface area contributed by atoms with Gasteiger partial charge in [0, 0.05) is 62.5 Å². The van der Waals surface area contributed by atoms with Crippen molar-refractivity contribution in [1.29, 1.82) is 0 Å². The molecule has 1 saturated heterocycles. The molecule has 3 aliphatic heterocycles. The second-order valence-corrected chi connectivity index (χ2v) is 8.13. The Morgan fingerprint density at radius 1 is 1.19 bits per heavy atom. The molecule has 4 heterocycles. The van der Waals surface area contributed by atoms with Gasteiger partial charge < -0.3 is 19.7 Å². The Morgan fingerprint density at radius 2 is 2.09 bits per heavy atom. The highest BCUT2D eigenvalue weighted by molar-refractivity contribution is 5.85. The number of nitrogens with one attached hydrogen (secondary N) is 1. The highest BCUT2D eigenvalue weighted by atomic mass is 16.5. The predicted octanol–water partition coefficient (Wildman–Crippen LogP) is 2.89. The van der Waals surface area contributed by atoms with Gasteiger partial charge in [0.2, 0.25) is 0 Å². The summed E-state index contributed by atoms with van der Waals surface area (Å²) in [6, 6.07) is 10.1. The number of allylic oxidation sites excluding steroid dienone is 1. The minimum Gasteiger partial charge on any atom is -0.497 e. The molecule has 1 atom stereocenters. The number of aliphatic imine (C=N–C) groups is 1. The molecule has 7 nitrogen and oxygen atoms in total. The second-order valence-electron chi connectivity index (χ2n) is 8.13. The van der Waals surface area contributed by atoms with Crippen molar-refractivity contribution in [3.8, 4) is 11.5 Å². The minimum absolute atomic E-state index is 0.0748. The van der Waals surface area contributed by atoms with Crippen LogP contribution in [-0.2, 0) is 6.61 Å². The zero-order chi connectivity index (χ0) is 21.8. The maximum Gasteiger partial charge on any atom is 0.175 e. The minimum atomic E-state index is 0.0748. The van der Waals surface area contributed by atoms with Gasteiger partial charge in [-0.3, -0.25) is 14.9 Å². The Morgan fingerprint density at radius 3 is 2.91 bits per heavy atom. The quantitative estimate of drug-likeness (QED) is 0.786. The smallest absolute Gasteiger partial charge is 0.175 e. The summed E-state index contributed by atoms with van der Waals surface area (Å²) in [4.78, 5) is 14.0. The second kappa shape index (κ2) is 9.54. The van der Waals surface area contributed by atoms with E-state index in [0.29, 0.717) is 6.61 Å². The van der Waals surface area contributed by atoms with Gasteiger partial charge >= 0.3 is 0 Å². The van der Waals surface area contributed by atoms with Gasteiger partial charge in [-0.25, -0.2) is 0 Å². The summed E-state index contributed by atoms with van der Waals surface area (Å²) < 4.78 is 11.6. The third kappa shape index (κ3) is 4.40. The number of methoxy groups -OCH3 is 1. The van der Waals surface area contributed by atoms with E-state index in [1.807, 2.05) is 42.9 Å². The molecule has 7 heteroatoms. The largest absolute Gasteiger partial charge is 0.497 e. The van der Waals surface area contributed by atoms with E-state index in [4.69, 9.17) is 9.47 Å². The fourth-order valence-corrected chi connectivity index (χ4v) is 4.46. The molecule has 1 unspecified atom stereocenters. The van der Waals surface area contributed by atoms with Gasteiger partial charge in [0.05, 0.1) is 12.8 Å². The molecule has 0 radical (unpaired) electrons. The van der Waals surface area contributed by atoms with Gasteiger partial charge in [-0.2, -0.15) is 0 Å². The van der Waals surface area contributed by atoms with Gasteiger partial charge in [0.25, 0.3) is 0 Å². The fourth-order valence-electron chi connectivity index (χ4n) is 4.46. The summed E-state index contributed by atoms with van der Waals surface area (Å²) >= 11 is 0. The van der Waals surface area contributed by atoms with E-state index in [1.165, 1.54) is 5.57 Å². The molecule has 1 aromatic heterocycles. The summed E-state index contributed by atoms with van der Waals surface area (Å²) in [7, 11) is 1.70. The standard InChI is InChI=1S/C25H29N5O2/c1-31-19-7-8-24-22(17-19)20(21-5-2-9-26-23(21)18-32-24)6-3-12-29-13-15-30(16-14-29)25-27-10-4-11-28-25/h2,4-11,17,25,27H,3,12-16,18H2,1H3.